The van der Waals surface area contributed by atoms with Gasteiger partial charge in [0, 0.05) is 16.5 Å². The van der Waals surface area contributed by atoms with Crippen molar-refractivity contribution in [3.05, 3.63) is 89.7 Å². The van der Waals surface area contributed by atoms with Crippen LogP contribution in [0.2, 0.25) is 0 Å². The first-order chi connectivity index (χ1) is 15.0. The van der Waals surface area contributed by atoms with Crippen LogP contribution in [-0.2, 0) is 0 Å². The Bertz CT molecular complexity index is 1290. The number of aromatic nitrogens is 1. The summed E-state index contributed by atoms with van der Waals surface area (Å²) in [5.41, 5.74) is 5.10. The van der Waals surface area contributed by atoms with Gasteiger partial charge >= 0.3 is 0 Å². The van der Waals surface area contributed by atoms with Gasteiger partial charge in [0.2, 0.25) is 0 Å². The highest BCUT2D eigenvalue weighted by Gasteiger charge is 2.14. The Balaban J connectivity index is 1.66. The number of para-hydroxylation sites is 1. The monoisotopic (exact) mass is 415 g/mol. The number of nitrogens with one attached hydrogen (secondary N) is 1. The number of methoxy groups -OCH3 is 1. The Kier molecular flexibility index (Phi) is 5.57. The fourth-order valence-electron chi connectivity index (χ4n) is 3.12. The predicted octanol–water partition coefficient (Wildman–Crippen LogP) is 4.52. The summed E-state index contributed by atoms with van der Waals surface area (Å²) in [5.74, 6) is -0.236. The maximum atomic E-state index is 13.3. The number of aromatic hydroxyl groups is 1. The Morgan fingerprint density at radius 1 is 1.10 bits per heavy atom. The Morgan fingerprint density at radius 3 is 2.65 bits per heavy atom. The lowest BCUT2D eigenvalue weighted by Crippen LogP contribution is -2.18. The van der Waals surface area contributed by atoms with Gasteiger partial charge in [0.1, 0.15) is 17.3 Å². The fourth-order valence-corrected chi connectivity index (χ4v) is 3.12. The molecule has 1 amide bonds. The van der Waals surface area contributed by atoms with E-state index in [1.807, 2.05) is 12.1 Å². The molecule has 0 saturated carbocycles. The summed E-state index contributed by atoms with van der Waals surface area (Å²) in [6, 6.07) is 19.5. The number of rotatable bonds is 5. The lowest BCUT2D eigenvalue weighted by molar-refractivity contribution is 0.0956. The standard InChI is InChI=1S/C24H18FN3O3/c1-31-18-10-11-23(29)16(12-18)14-26-28-24(30)20-13-22(15-6-8-17(25)9-7-15)27-21-5-3-2-4-19(20)21/h2-14,29H,1H3,(H,28,30)/b26-14+. The summed E-state index contributed by atoms with van der Waals surface area (Å²) < 4.78 is 18.4. The smallest absolute Gasteiger partial charge is 0.272 e. The van der Waals surface area contributed by atoms with Gasteiger partial charge in [0.05, 0.1) is 30.1 Å². The number of hydrogen-bond acceptors (Lipinski definition) is 5. The summed E-state index contributed by atoms with van der Waals surface area (Å²) in [6.45, 7) is 0. The topological polar surface area (TPSA) is 83.8 Å². The van der Waals surface area contributed by atoms with E-state index in [-0.39, 0.29) is 11.6 Å². The van der Waals surface area contributed by atoms with Crippen molar-refractivity contribution >= 4 is 23.0 Å². The van der Waals surface area contributed by atoms with Gasteiger partial charge in [-0.1, -0.05) is 18.2 Å². The van der Waals surface area contributed by atoms with E-state index in [1.165, 1.54) is 31.5 Å². The second-order valence-electron chi connectivity index (χ2n) is 6.70. The van der Waals surface area contributed by atoms with Crippen LogP contribution in [0.4, 0.5) is 4.39 Å². The molecule has 0 aliphatic heterocycles. The summed E-state index contributed by atoms with van der Waals surface area (Å²) >= 11 is 0. The first-order valence-electron chi connectivity index (χ1n) is 9.41. The van der Waals surface area contributed by atoms with Crippen molar-refractivity contribution in [2.45, 2.75) is 0 Å². The summed E-state index contributed by atoms with van der Waals surface area (Å²) in [5, 5.41) is 14.6. The number of nitrogens with zero attached hydrogens (tertiary/aromatic N) is 2. The number of hydrazone groups is 1. The minimum absolute atomic E-state index is 0.00626. The first kappa shape index (κ1) is 20.0. The third-order valence-electron chi connectivity index (χ3n) is 4.71. The number of phenolic OH excluding ortho intramolecular Hbond substituents is 1. The molecule has 0 aliphatic carbocycles. The van der Waals surface area contributed by atoms with Crippen LogP contribution >= 0.6 is 0 Å². The van der Waals surface area contributed by atoms with Gasteiger partial charge in [-0.05, 0) is 54.6 Å². The van der Waals surface area contributed by atoms with Crippen LogP contribution in [0, 0.1) is 5.82 Å². The Morgan fingerprint density at radius 2 is 1.87 bits per heavy atom. The van der Waals surface area contributed by atoms with Gasteiger partial charge in [-0.25, -0.2) is 14.8 Å². The molecule has 0 spiro atoms. The van der Waals surface area contributed by atoms with Crippen molar-refractivity contribution in [3.8, 4) is 22.8 Å². The average Bonchev–Trinajstić information content (AvgIpc) is 2.80. The molecule has 0 fully saturated rings. The van der Waals surface area contributed by atoms with E-state index >= 15 is 0 Å². The minimum atomic E-state index is -0.444. The third kappa shape index (κ3) is 4.35. The Labute approximate surface area is 177 Å². The highest BCUT2D eigenvalue weighted by atomic mass is 19.1. The normalized spacial score (nSPS) is 11.0. The number of phenols is 1. The molecule has 0 aliphatic rings. The third-order valence-corrected chi connectivity index (χ3v) is 4.71. The molecule has 0 unspecified atom stereocenters. The number of carbonyl (C=O) groups excluding carboxylic acids is 1. The number of pyridine rings is 1. The molecule has 154 valence electrons. The van der Waals surface area contributed by atoms with Crippen molar-refractivity contribution in [1.29, 1.82) is 0 Å². The van der Waals surface area contributed by atoms with E-state index in [4.69, 9.17) is 4.74 Å². The molecular formula is C24H18FN3O3. The largest absolute Gasteiger partial charge is 0.507 e. The number of halogens is 1. The van der Waals surface area contributed by atoms with E-state index in [2.05, 4.69) is 15.5 Å². The van der Waals surface area contributed by atoms with Gasteiger partial charge in [-0.2, -0.15) is 5.10 Å². The quantitative estimate of drug-likeness (QED) is 0.371. The summed E-state index contributed by atoms with van der Waals surface area (Å²) in [6.07, 6.45) is 1.33. The number of carbonyl (C=O) groups is 1. The molecule has 31 heavy (non-hydrogen) atoms. The minimum Gasteiger partial charge on any atom is -0.507 e. The predicted molar refractivity (Wildman–Crippen MR) is 117 cm³/mol. The highest BCUT2D eigenvalue weighted by molar-refractivity contribution is 6.07. The van der Waals surface area contributed by atoms with Gasteiger partial charge in [-0.3, -0.25) is 4.79 Å². The molecule has 0 radical (unpaired) electrons. The number of amides is 1. The second kappa shape index (κ2) is 8.62. The van der Waals surface area contributed by atoms with Crippen LogP contribution in [-0.4, -0.2) is 29.3 Å². The maximum absolute atomic E-state index is 13.3. The molecule has 0 atom stereocenters. The summed E-state index contributed by atoms with van der Waals surface area (Å²) in [4.78, 5) is 17.5. The molecule has 1 heterocycles. The van der Waals surface area contributed by atoms with E-state index < -0.39 is 5.91 Å². The van der Waals surface area contributed by atoms with E-state index in [9.17, 15) is 14.3 Å². The van der Waals surface area contributed by atoms with Gasteiger partial charge in [-0.15, -0.1) is 0 Å². The second-order valence-corrected chi connectivity index (χ2v) is 6.70. The van der Waals surface area contributed by atoms with Crippen molar-refractivity contribution in [2.24, 2.45) is 5.10 Å². The average molecular weight is 415 g/mol. The number of ether oxygens (including phenoxy) is 1. The molecule has 7 heteroatoms. The van der Waals surface area contributed by atoms with Crippen LogP contribution in [0.25, 0.3) is 22.2 Å². The first-order valence-corrected chi connectivity index (χ1v) is 9.41. The highest BCUT2D eigenvalue weighted by Crippen LogP contribution is 2.25. The van der Waals surface area contributed by atoms with E-state index in [0.29, 0.717) is 39.0 Å². The van der Waals surface area contributed by atoms with Crippen molar-refractivity contribution in [2.75, 3.05) is 7.11 Å². The molecular weight excluding hydrogens is 397 g/mol. The van der Waals surface area contributed by atoms with Crippen LogP contribution in [0.15, 0.2) is 77.9 Å². The molecule has 0 saturated heterocycles. The zero-order valence-corrected chi connectivity index (χ0v) is 16.5. The van der Waals surface area contributed by atoms with E-state index in [0.717, 1.165) is 0 Å². The van der Waals surface area contributed by atoms with Gasteiger partial charge in [0.25, 0.3) is 5.91 Å². The fraction of sp³-hybridized carbons (Fsp3) is 0.0417. The van der Waals surface area contributed by atoms with Crippen LogP contribution in [0.1, 0.15) is 15.9 Å². The zero-order chi connectivity index (χ0) is 21.8. The molecule has 2 N–H and O–H groups in total. The maximum Gasteiger partial charge on any atom is 0.272 e. The van der Waals surface area contributed by atoms with Crippen LogP contribution < -0.4 is 10.2 Å². The SMILES string of the molecule is COc1ccc(O)c(/C=N/NC(=O)c2cc(-c3ccc(F)cc3)nc3ccccc23)c1. The van der Waals surface area contributed by atoms with Crippen molar-refractivity contribution < 1.29 is 19.0 Å². The molecule has 1 aromatic heterocycles. The van der Waals surface area contributed by atoms with Gasteiger partial charge in [0.15, 0.2) is 0 Å². The van der Waals surface area contributed by atoms with Crippen molar-refractivity contribution in [3.63, 3.8) is 0 Å². The number of benzene rings is 3. The lowest BCUT2D eigenvalue weighted by Gasteiger charge is -2.09. The zero-order valence-electron chi connectivity index (χ0n) is 16.5. The molecule has 0 bridgehead atoms. The molecule has 4 aromatic rings. The lowest BCUT2D eigenvalue weighted by atomic mass is 10.0. The number of hydrogen-bond donors (Lipinski definition) is 2. The Hall–Kier alpha value is -4.26. The van der Waals surface area contributed by atoms with Gasteiger partial charge < -0.3 is 9.84 Å². The van der Waals surface area contributed by atoms with Crippen LogP contribution in [0.5, 0.6) is 11.5 Å². The van der Waals surface area contributed by atoms with Crippen molar-refractivity contribution in [1.82, 2.24) is 10.4 Å². The summed E-state index contributed by atoms with van der Waals surface area (Å²) in [7, 11) is 1.52. The van der Waals surface area contributed by atoms with Crippen LogP contribution in [0.3, 0.4) is 0 Å². The number of fused-ring (bicyclic) bond motifs is 1. The molecule has 3 aromatic carbocycles. The molecule has 6 nitrogen and oxygen atoms in total. The molecule has 4 rings (SSSR count). The van der Waals surface area contributed by atoms with E-state index in [1.54, 1.807) is 42.5 Å².